The zero-order valence-corrected chi connectivity index (χ0v) is 6.81. The van der Waals surface area contributed by atoms with E-state index in [2.05, 4.69) is 8.99 Å². The molecule has 0 aliphatic heterocycles. The average molecular weight is 251 g/mol. The summed E-state index contributed by atoms with van der Waals surface area (Å²) >= 11 is 0. The van der Waals surface area contributed by atoms with E-state index in [1.54, 1.807) is 0 Å². The van der Waals surface area contributed by atoms with Gasteiger partial charge < -0.3 is 20.8 Å². The molecule has 0 heterocycles. The Morgan fingerprint density at radius 3 is 1.50 bits per heavy atom. The molecule has 0 aliphatic rings. The van der Waals surface area contributed by atoms with Gasteiger partial charge in [-0.15, -0.1) is 4.67 Å². The molecule has 0 amide bonds. The van der Waals surface area contributed by atoms with Crippen molar-refractivity contribution in [3.05, 3.63) is 0 Å². The molecule has 0 saturated carbocycles. The Hall–Kier alpha value is 1.82. The molecule has 0 aliphatic carbocycles. The molecule has 1 unspecified atom stereocenters. The van der Waals surface area contributed by atoms with Gasteiger partial charge in [0.15, 0.2) is 0 Å². The molecule has 0 aromatic heterocycles. The van der Waals surface area contributed by atoms with E-state index in [0.717, 1.165) is 0 Å². The van der Waals surface area contributed by atoms with Crippen molar-refractivity contribution < 1.29 is 38.1 Å². The van der Waals surface area contributed by atoms with Crippen LogP contribution in [0.15, 0.2) is 0 Å². The van der Waals surface area contributed by atoms with Crippen LogP contribution in [0.1, 0.15) is 0 Å². The third-order valence-electron chi connectivity index (χ3n) is 0.313. The topological polar surface area (TPSA) is 169 Å². The summed E-state index contributed by atoms with van der Waals surface area (Å²) in [6.07, 6.45) is 0. The van der Waals surface area contributed by atoms with Crippen LogP contribution < -0.4 is 6.15 Å². The van der Waals surface area contributed by atoms with Crippen molar-refractivity contribution in [1.29, 1.82) is 0 Å². The standard InChI is InChI=1S/K.H3N.H4O8P2.H/c;;1-7-10(5,6)8-9(2,3)4;/h;1H3;1H,(H,5,6)(H2,2,3,4);. The Morgan fingerprint density at radius 2 is 1.42 bits per heavy atom. The van der Waals surface area contributed by atoms with E-state index in [1.807, 2.05) is 0 Å². The molecular formula is H8KNO8P2. The SMILES string of the molecule is N.O=P(O)(O)OP(=O)(O)OO.[KH]. The van der Waals surface area contributed by atoms with E-state index >= 15 is 0 Å². The van der Waals surface area contributed by atoms with Gasteiger partial charge in [-0.3, -0.25) is 0 Å². The predicted octanol–water partition coefficient (Wildman–Crippen LogP) is -0.801. The fourth-order valence-electron chi connectivity index (χ4n) is 0.149. The van der Waals surface area contributed by atoms with Crippen molar-refractivity contribution in [2.45, 2.75) is 0 Å². The molecule has 0 aromatic carbocycles. The van der Waals surface area contributed by atoms with Crippen LogP contribution in [0, 0.1) is 0 Å². The van der Waals surface area contributed by atoms with Crippen LogP contribution in [0.3, 0.4) is 0 Å². The Balaban J connectivity index is -0.000000405. The van der Waals surface area contributed by atoms with Crippen molar-refractivity contribution in [2.24, 2.45) is 0 Å². The van der Waals surface area contributed by atoms with Gasteiger partial charge in [-0.2, -0.15) is 4.31 Å². The second-order valence-corrected chi connectivity index (χ2v) is 3.86. The Labute approximate surface area is 110 Å². The zero-order chi connectivity index (χ0) is 8.41. The van der Waals surface area contributed by atoms with Gasteiger partial charge in [0.2, 0.25) is 0 Å². The molecule has 0 radical (unpaired) electrons. The second kappa shape index (κ2) is 7.15. The van der Waals surface area contributed by atoms with Gasteiger partial charge in [0.1, 0.15) is 0 Å². The first kappa shape index (κ1) is 19.4. The van der Waals surface area contributed by atoms with Gasteiger partial charge in [0.05, 0.1) is 0 Å². The number of rotatable bonds is 3. The molecule has 12 heteroatoms. The van der Waals surface area contributed by atoms with Crippen molar-refractivity contribution in [3.8, 4) is 0 Å². The predicted molar refractivity (Wildman–Crippen MR) is 38.8 cm³/mol. The molecule has 0 bridgehead atoms. The van der Waals surface area contributed by atoms with E-state index in [0.29, 0.717) is 0 Å². The van der Waals surface area contributed by atoms with E-state index < -0.39 is 15.6 Å². The van der Waals surface area contributed by atoms with Crippen molar-refractivity contribution in [3.63, 3.8) is 0 Å². The first-order chi connectivity index (χ1) is 4.27. The third-order valence-corrected chi connectivity index (χ3v) is 2.20. The van der Waals surface area contributed by atoms with Crippen molar-refractivity contribution in [2.75, 3.05) is 0 Å². The van der Waals surface area contributed by atoms with Gasteiger partial charge in [-0.25, -0.2) is 14.4 Å². The second-order valence-electron chi connectivity index (χ2n) is 1.12. The van der Waals surface area contributed by atoms with Crippen LogP contribution in [0.5, 0.6) is 0 Å². The van der Waals surface area contributed by atoms with Gasteiger partial charge in [0, 0.05) is 0 Å². The van der Waals surface area contributed by atoms with Gasteiger partial charge >= 0.3 is 67.0 Å². The minimum atomic E-state index is -5.10. The summed E-state index contributed by atoms with van der Waals surface area (Å²) in [7, 11) is -10.1. The quantitative estimate of drug-likeness (QED) is 0.186. The first-order valence-electron chi connectivity index (χ1n) is 1.70. The molecule has 0 rings (SSSR count). The fraction of sp³-hybridized carbons (Fsp3) is 0. The molecular weight excluding hydrogens is 243 g/mol. The summed E-state index contributed by atoms with van der Waals surface area (Å²) in [6, 6.07) is 0. The summed E-state index contributed by atoms with van der Waals surface area (Å²) in [5, 5.41) is 7.48. The maximum atomic E-state index is 9.97. The van der Waals surface area contributed by atoms with Gasteiger partial charge in [0.25, 0.3) is 0 Å². The zero-order valence-electron chi connectivity index (χ0n) is 5.02. The van der Waals surface area contributed by atoms with Gasteiger partial charge in [-0.1, -0.05) is 0 Å². The summed E-state index contributed by atoms with van der Waals surface area (Å²) in [4.78, 5) is 23.7. The monoisotopic (exact) mass is 251 g/mol. The number of hydrogen-bond donors (Lipinski definition) is 5. The summed E-state index contributed by atoms with van der Waals surface area (Å²) in [5.41, 5.74) is 0. The van der Waals surface area contributed by atoms with E-state index in [-0.39, 0.29) is 57.5 Å². The van der Waals surface area contributed by atoms with Crippen molar-refractivity contribution >= 4 is 67.0 Å². The fourth-order valence-corrected chi connectivity index (χ4v) is 1.34. The molecule has 12 heavy (non-hydrogen) atoms. The van der Waals surface area contributed by atoms with Crippen LogP contribution in [0.4, 0.5) is 0 Å². The number of phosphoric acid groups is 2. The van der Waals surface area contributed by atoms with Crippen molar-refractivity contribution in [1.82, 2.24) is 6.15 Å². The van der Waals surface area contributed by atoms with E-state index in [1.165, 1.54) is 0 Å². The number of hydrogen-bond acceptors (Lipinski definition) is 6. The molecule has 0 spiro atoms. The molecule has 72 valence electrons. The summed E-state index contributed by atoms with van der Waals surface area (Å²) < 4.78 is 25.5. The van der Waals surface area contributed by atoms with Gasteiger partial charge in [-0.05, 0) is 0 Å². The molecule has 0 saturated heterocycles. The van der Waals surface area contributed by atoms with E-state index in [4.69, 9.17) is 19.9 Å². The Kier molecular flexibility index (Phi) is 11.6. The minimum absolute atomic E-state index is 0. The van der Waals surface area contributed by atoms with Crippen LogP contribution in [-0.2, 0) is 18.1 Å². The summed E-state index contributed by atoms with van der Waals surface area (Å²) in [5.74, 6) is 0. The molecule has 7 N–H and O–H groups in total. The summed E-state index contributed by atoms with van der Waals surface area (Å²) in [6.45, 7) is 0. The van der Waals surface area contributed by atoms with Crippen LogP contribution in [-0.4, -0.2) is 71.3 Å². The normalized spacial score (nSPS) is 15.3. The maximum absolute atomic E-state index is 9.97. The van der Waals surface area contributed by atoms with Crippen LogP contribution >= 0.6 is 15.6 Å². The molecule has 1 atom stereocenters. The molecule has 0 aromatic rings. The molecule has 9 nitrogen and oxygen atoms in total. The Morgan fingerprint density at radius 1 is 1.08 bits per heavy atom. The average Bonchev–Trinajstić information content (AvgIpc) is 1.60. The van der Waals surface area contributed by atoms with E-state index in [9.17, 15) is 9.13 Å². The first-order valence-corrected chi connectivity index (χ1v) is 4.72. The van der Waals surface area contributed by atoms with Crippen LogP contribution in [0.2, 0.25) is 0 Å². The third kappa shape index (κ3) is 11.8. The van der Waals surface area contributed by atoms with Crippen LogP contribution in [0.25, 0.3) is 0 Å². The Bertz CT molecular complexity index is 195. The molecule has 0 fully saturated rings.